The van der Waals surface area contributed by atoms with Gasteiger partial charge < -0.3 is 9.64 Å². The quantitative estimate of drug-likeness (QED) is 0.852. The Morgan fingerprint density at radius 3 is 2.82 bits per heavy atom. The van der Waals surface area contributed by atoms with Crippen molar-refractivity contribution in [1.82, 2.24) is 9.88 Å². The lowest BCUT2D eigenvalue weighted by Gasteiger charge is -2.18. The highest BCUT2D eigenvalue weighted by atomic mass is 16.5. The van der Waals surface area contributed by atoms with Gasteiger partial charge in [0.1, 0.15) is 0 Å². The number of methoxy groups -OCH3 is 1. The minimum atomic E-state index is 0.215. The van der Waals surface area contributed by atoms with E-state index in [0.717, 1.165) is 18.5 Å². The number of hydrogen-bond donors (Lipinski definition) is 0. The first kappa shape index (κ1) is 14.6. The van der Waals surface area contributed by atoms with Gasteiger partial charge in [-0.15, -0.1) is 0 Å². The maximum Gasteiger partial charge on any atom is 0.223 e. The van der Waals surface area contributed by atoms with E-state index in [-0.39, 0.29) is 5.91 Å². The molecular formula is C18H20N2O2. The summed E-state index contributed by atoms with van der Waals surface area (Å²) in [6.07, 6.45) is 3.27. The van der Waals surface area contributed by atoms with Crippen LogP contribution in [0.1, 0.15) is 17.5 Å². The number of ether oxygens (including phenoxy) is 1. The third kappa shape index (κ3) is 3.27. The number of aromatic nitrogens is 1. The van der Waals surface area contributed by atoms with Crippen LogP contribution >= 0.6 is 0 Å². The standard InChI is InChI=1S/C18H20N2O2/c1-22-18-16(8-5-9-19-18)13-20-12-15(11-17(20)21)10-14-6-3-2-4-7-14/h2-9,15H,10-13H2,1H3. The second-order valence-electron chi connectivity index (χ2n) is 5.71. The lowest BCUT2D eigenvalue weighted by atomic mass is 9.99. The Hall–Kier alpha value is -2.36. The molecule has 2 aromatic rings. The minimum absolute atomic E-state index is 0.215. The van der Waals surface area contributed by atoms with Crippen LogP contribution in [0.4, 0.5) is 0 Å². The van der Waals surface area contributed by atoms with Crippen molar-refractivity contribution in [3.63, 3.8) is 0 Å². The predicted molar refractivity (Wildman–Crippen MR) is 84.5 cm³/mol. The number of nitrogens with zero attached hydrogens (tertiary/aromatic N) is 2. The van der Waals surface area contributed by atoms with Gasteiger partial charge in [0.2, 0.25) is 11.8 Å². The Balaban J connectivity index is 1.65. The van der Waals surface area contributed by atoms with Crippen LogP contribution in [-0.4, -0.2) is 29.4 Å². The normalized spacial score (nSPS) is 17.8. The molecule has 2 heterocycles. The van der Waals surface area contributed by atoms with E-state index in [1.54, 1.807) is 13.3 Å². The van der Waals surface area contributed by atoms with E-state index in [9.17, 15) is 4.79 Å². The Morgan fingerprint density at radius 2 is 2.05 bits per heavy atom. The summed E-state index contributed by atoms with van der Waals surface area (Å²) in [5, 5.41) is 0. The number of rotatable bonds is 5. The van der Waals surface area contributed by atoms with E-state index < -0.39 is 0 Å². The van der Waals surface area contributed by atoms with Crippen molar-refractivity contribution in [2.45, 2.75) is 19.4 Å². The van der Waals surface area contributed by atoms with Crippen LogP contribution in [-0.2, 0) is 17.8 Å². The van der Waals surface area contributed by atoms with Crippen molar-refractivity contribution in [3.8, 4) is 5.88 Å². The van der Waals surface area contributed by atoms with Crippen molar-refractivity contribution in [2.24, 2.45) is 5.92 Å². The highest BCUT2D eigenvalue weighted by Crippen LogP contribution is 2.25. The Kier molecular flexibility index (Phi) is 4.37. The van der Waals surface area contributed by atoms with Crippen molar-refractivity contribution >= 4 is 5.91 Å². The fourth-order valence-corrected chi connectivity index (χ4v) is 3.02. The van der Waals surface area contributed by atoms with Gasteiger partial charge in [-0.05, 0) is 24.0 Å². The van der Waals surface area contributed by atoms with Crippen LogP contribution in [0.5, 0.6) is 5.88 Å². The van der Waals surface area contributed by atoms with Crippen LogP contribution in [0.25, 0.3) is 0 Å². The predicted octanol–water partition coefficient (Wildman–Crippen LogP) is 2.68. The first-order valence-electron chi connectivity index (χ1n) is 7.56. The van der Waals surface area contributed by atoms with E-state index >= 15 is 0 Å². The monoisotopic (exact) mass is 296 g/mol. The number of carbonyl (C=O) groups excluding carboxylic acids is 1. The minimum Gasteiger partial charge on any atom is -0.481 e. The first-order chi connectivity index (χ1) is 10.8. The molecule has 1 fully saturated rings. The summed E-state index contributed by atoms with van der Waals surface area (Å²) in [6, 6.07) is 14.2. The smallest absolute Gasteiger partial charge is 0.223 e. The lowest BCUT2D eigenvalue weighted by Crippen LogP contribution is -2.25. The van der Waals surface area contributed by atoms with Crippen molar-refractivity contribution < 1.29 is 9.53 Å². The molecule has 0 aliphatic carbocycles. The molecule has 0 saturated carbocycles. The molecule has 0 N–H and O–H groups in total. The molecule has 1 atom stereocenters. The topological polar surface area (TPSA) is 42.4 Å². The number of hydrogen-bond acceptors (Lipinski definition) is 3. The summed E-state index contributed by atoms with van der Waals surface area (Å²) in [5.74, 6) is 1.20. The van der Waals surface area contributed by atoms with E-state index in [1.165, 1.54) is 5.56 Å². The zero-order chi connectivity index (χ0) is 15.4. The molecule has 4 heteroatoms. The SMILES string of the molecule is COc1ncccc1CN1CC(Cc2ccccc2)CC1=O. The van der Waals surface area contributed by atoms with Crippen LogP contribution in [0, 0.1) is 5.92 Å². The largest absolute Gasteiger partial charge is 0.481 e. The highest BCUT2D eigenvalue weighted by molar-refractivity contribution is 5.78. The molecule has 1 aromatic heterocycles. The second-order valence-corrected chi connectivity index (χ2v) is 5.71. The first-order valence-corrected chi connectivity index (χ1v) is 7.56. The highest BCUT2D eigenvalue weighted by Gasteiger charge is 2.30. The number of likely N-dealkylation sites (tertiary alicyclic amines) is 1. The average Bonchev–Trinajstić information content (AvgIpc) is 2.88. The molecule has 22 heavy (non-hydrogen) atoms. The van der Waals surface area contributed by atoms with Gasteiger partial charge in [-0.25, -0.2) is 4.98 Å². The molecule has 1 saturated heterocycles. The number of amides is 1. The average molecular weight is 296 g/mol. The van der Waals surface area contributed by atoms with E-state index in [2.05, 4.69) is 17.1 Å². The van der Waals surface area contributed by atoms with Crippen molar-refractivity contribution in [3.05, 3.63) is 59.8 Å². The maximum atomic E-state index is 12.2. The Morgan fingerprint density at radius 1 is 1.23 bits per heavy atom. The van der Waals surface area contributed by atoms with Gasteiger partial charge in [0.25, 0.3) is 0 Å². The molecule has 1 aromatic carbocycles. The van der Waals surface area contributed by atoms with Crippen LogP contribution in [0.15, 0.2) is 48.7 Å². The summed E-state index contributed by atoms with van der Waals surface area (Å²) in [4.78, 5) is 18.3. The van der Waals surface area contributed by atoms with Crippen LogP contribution < -0.4 is 4.74 Å². The third-order valence-corrected chi connectivity index (χ3v) is 4.07. The molecule has 1 aliphatic rings. The van der Waals surface area contributed by atoms with Crippen molar-refractivity contribution in [1.29, 1.82) is 0 Å². The van der Waals surface area contributed by atoms with Gasteiger partial charge >= 0.3 is 0 Å². The summed E-state index contributed by atoms with van der Waals surface area (Å²) in [6.45, 7) is 1.37. The molecule has 4 nitrogen and oxygen atoms in total. The van der Waals surface area contributed by atoms with Crippen molar-refractivity contribution in [2.75, 3.05) is 13.7 Å². The van der Waals surface area contributed by atoms with Gasteiger partial charge in [0.05, 0.1) is 13.7 Å². The molecule has 1 unspecified atom stereocenters. The number of pyridine rings is 1. The van der Waals surface area contributed by atoms with Gasteiger partial charge in [0.15, 0.2) is 0 Å². The fraction of sp³-hybridized carbons (Fsp3) is 0.333. The fourth-order valence-electron chi connectivity index (χ4n) is 3.02. The van der Waals surface area contributed by atoms with Crippen LogP contribution in [0.3, 0.4) is 0 Å². The lowest BCUT2D eigenvalue weighted by molar-refractivity contribution is -0.128. The second kappa shape index (κ2) is 6.60. The summed E-state index contributed by atoms with van der Waals surface area (Å²) in [7, 11) is 1.61. The molecule has 1 amide bonds. The zero-order valence-electron chi connectivity index (χ0n) is 12.7. The van der Waals surface area contributed by atoms with Gasteiger partial charge in [-0.1, -0.05) is 36.4 Å². The third-order valence-electron chi connectivity index (χ3n) is 4.07. The van der Waals surface area contributed by atoms with Crippen LogP contribution in [0.2, 0.25) is 0 Å². The van der Waals surface area contributed by atoms with E-state index in [1.807, 2.05) is 35.2 Å². The van der Waals surface area contributed by atoms with Gasteiger partial charge in [-0.3, -0.25) is 4.79 Å². The molecule has 0 spiro atoms. The number of benzene rings is 1. The zero-order valence-corrected chi connectivity index (χ0v) is 12.7. The molecule has 114 valence electrons. The van der Waals surface area contributed by atoms with E-state index in [4.69, 9.17) is 4.74 Å². The molecule has 3 rings (SSSR count). The maximum absolute atomic E-state index is 12.2. The number of carbonyl (C=O) groups is 1. The summed E-state index contributed by atoms with van der Waals surface area (Å²) < 4.78 is 5.26. The molecule has 1 aliphatic heterocycles. The summed E-state index contributed by atoms with van der Waals surface area (Å²) in [5.41, 5.74) is 2.25. The van der Waals surface area contributed by atoms with E-state index in [0.29, 0.717) is 24.8 Å². The molecule has 0 radical (unpaired) electrons. The molecule has 0 bridgehead atoms. The Labute approximate surface area is 130 Å². The Bertz CT molecular complexity index is 643. The molecular weight excluding hydrogens is 276 g/mol. The van der Waals surface area contributed by atoms with Gasteiger partial charge in [-0.2, -0.15) is 0 Å². The summed E-state index contributed by atoms with van der Waals surface area (Å²) >= 11 is 0. The van der Waals surface area contributed by atoms with Gasteiger partial charge in [0, 0.05) is 24.7 Å².